The molecule has 0 saturated carbocycles. The van der Waals surface area contributed by atoms with Crippen molar-refractivity contribution in [3.63, 3.8) is 0 Å². The molecular weight excluding hydrogens is 238 g/mol. The third-order valence-corrected chi connectivity index (χ3v) is 3.30. The van der Waals surface area contributed by atoms with Crippen LogP contribution < -0.4 is 9.64 Å². The zero-order valence-corrected chi connectivity index (χ0v) is 11.8. The molecule has 0 bridgehead atoms. The van der Waals surface area contributed by atoms with Crippen LogP contribution in [-0.2, 0) is 0 Å². The third kappa shape index (κ3) is 2.75. The van der Waals surface area contributed by atoms with E-state index >= 15 is 0 Å². The van der Waals surface area contributed by atoms with Gasteiger partial charge in [0.05, 0.1) is 19.4 Å². The molecule has 1 saturated heterocycles. The minimum atomic E-state index is 0.387. The first-order valence-corrected chi connectivity index (χ1v) is 6.82. The zero-order valence-electron chi connectivity index (χ0n) is 11.8. The molecule has 0 aliphatic carbocycles. The summed E-state index contributed by atoms with van der Waals surface area (Å²) in [6, 6.07) is 12.5. The van der Waals surface area contributed by atoms with E-state index in [1.807, 2.05) is 38.1 Å². The Kier molecular flexibility index (Phi) is 4.50. The molecule has 1 atom stereocenters. The van der Waals surface area contributed by atoms with Crippen LogP contribution in [0.4, 0.5) is 5.69 Å². The van der Waals surface area contributed by atoms with Crippen LogP contribution in [0.5, 0.6) is 5.75 Å². The molecule has 3 heteroatoms. The van der Waals surface area contributed by atoms with Crippen LogP contribution in [0.1, 0.15) is 32.1 Å². The highest BCUT2D eigenvalue weighted by Crippen LogP contribution is 2.38. The second-order valence-corrected chi connectivity index (χ2v) is 4.21. The molecule has 1 aliphatic rings. The summed E-state index contributed by atoms with van der Waals surface area (Å²) in [4.78, 5) is 2.35. The van der Waals surface area contributed by atoms with Crippen molar-refractivity contribution in [2.24, 2.45) is 0 Å². The third-order valence-electron chi connectivity index (χ3n) is 3.30. The summed E-state index contributed by atoms with van der Waals surface area (Å²) in [6.07, 6.45) is 2.89. The quantitative estimate of drug-likeness (QED) is 0.823. The van der Waals surface area contributed by atoms with Crippen LogP contribution in [0.3, 0.4) is 0 Å². The Bertz CT molecular complexity index is 476. The fourth-order valence-corrected chi connectivity index (χ4v) is 2.25. The first-order chi connectivity index (χ1) is 9.38. The second kappa shape index (κ2) is 6.32. The van der Waals surface area contributed by atoms with E-state index in [4.69, 9.17) is 9.15 Å². The summed E-state index contributed by atoms with van der Waals surface area (Å²) < 4.78 is 10.6. The molecule has 3 nitrogen and oxygen atoms in total. The van der Waals surface area contributed by atoms with Crippen LogP contribution in [0, 0.1) is 0 Å². The summed E-state index contributed by atoms with van der Waals surface area (Å²) in [5, 5.41) is 0. The molecule has 1 aromatic heterocycles. The molecule has 19 heavy (non-hydrogen) atoms. The van der Waals surface area contributed by atoms with E-state index in [1.54, 1.807) is 13.4 Å². The first kappa shape index (κ1) is 13.5. The van der Waals surface area contributed by atoms with Gasteiger partial charge < -0.3 is 14.1 Å². The molecule has 1 aromatic carbocycles. The van der Waals surface area contributed by atoms with Gasteiger partial charge in [-0.3, -0.25) is 0 Å². The van der Waals surface area contributed by atoms with Crippen molar-refractivity contribution in [2.45, 2.75) is 26.3 Å². The smallest absolute Gasteiger partial charge is 0.126 e. The van der Waals surface area contributed by atoms with Crippen LogP contribution in [0.2, 0.25) is 0 Å². The maximum Gasteiger partial charge on any atom is 0.126 e. The number of hydrogen-bond acceptors (Lipinski definition) is 3. The first-order valence-electron chi connectivity index (χ1n) is 6.82. The molecule has 2 heterocycles. The van der Waals surface area contributed by atoms with Gasteiger partial charge in [0.15, 0.2) is 0 Å². The van der Waals surface area contributed by atoms with Gasteiger partial charge in [0.1, 0.15) is 11.5 Å². The maximum absolute atomic E-state index is 5.47. The topological polar surface area (TPSA) is 25.6 Å². The van der Waals surface area contributed by atoms with Gasteiger partial charge in [-0.05, 0) is 42.8 Å². The summed E-state index contributed by atoms with van der Waals surface area (Å²) in [6.45, 7) is 5.08. The number of rotatable bonds is 3. The van der Waals surface area contributed by atoms with Crippen LogP contribution in [-0.4, -0.2) is 13.7 Å². The Morgan fingerprint density at radius 1 is 1.16 bits per heavy atom. The molecular formula is C16H21NO2. The fraction of sp³-hybridized carbons (Fsp3) is 0.375. The van der Waals surface area contributed by atoms with Crippen molar-refractivity contribution in [3.8, 4) is 5.75 Å². The SMILES string of the molecule is CC.COc1ccc(N2CC[C@@H]2c2ccco2)cc1. The lowest BCUT2D eigenvalue weighted by Gasteiger charge is -2.41. The Balaban J connectivity index is 0.000000637. The summed E-state index contributed by atoms with van der Waals surface area (Å²) in [7, 11) is 1.68. The van der Waals surface area contributed by atoms with E-state index in [1.165, 1.54) is 5.69 Å². The Labute approximate surface area is 114 Å². The van der Waals surface area contributed by atoms with Crippen LogP contribution in [0.15, 0.2) is 47.1 Å². The van der Waals surface area contributed by atoms with Gasteiger partial charge in [-0.1, -0.05) is 13.8 Å². The molecule has 2 aromatic rings. The zero-order chi connectivity index (χ0) is 13.7. The number of nitrogens with zero attached hydrogens (tertiary/aromatic N) is 1. The van der Waals surface area contributed by atoms with Gasteiger partial charge in [-0.25, -0.2) is 0 Å². The number of methoxy groups -OCH3 is 1. The predicted molar refractivity (Wildman–Crippen MR) is 77.8 cm³/mol. The molecule has 102 valence electrons. The average Bonchev–Trinajstić information content (AvgIpc) is 2.94. The van der Waals surface area contributed by atoms with E-state index < -0.39 is 0 Å². The van der Waals surface area contributed by atoms with E-state index in [0.29, 0.717) is 6.04 Å². The molecule has 3 rings (SSSR count). The number of anilines is 1. The lowest BCUT2D eigenvalue weighted by atomic mass is 9.99. The lowest BCUT2D eigenvalue weighted by molar-refractivity contribution is 0.374. The van der Waals surface area contributed by atoms with Gasteiger partial charge in [0.2, 0.25) is 0 Å². The molecule has 1 fully saturated rings. The van der Waals surface area contributed by atoms with Gasteiger partial charge in [0.25, 0.3) is 0 Å². The Morgan fingerprint density at radius 3 is 2.37 bits per heavy atom. The summed E-state index contributed by atoms with van der Waals surface area (Å²) in [5.74, 6) is 1.94. The highest BCUT2D eigenvalue weighted by Gasteiger charge is 2.31. The van der Waals surface area contributed by atoms with Gasteiger partial charge in [-0.15, -0.1) is 0 Å². The summed E-state index contributed by atoms with van der Waals surface area (Å²) in [5.41, 5.74) is 1.22. The fourth-order valence-electron chi connectivity index (χ4n) is 2.25. The molecule has 0 amide bonds. The van der Waals surface area contributed by atoms with Gasteiger partial charge >= 0.3 is 0 Å². The molecule has 0 radical (unpaired) electrons. The number of furan rings is 1. The van der Waals surface area contributed by atoms with Gasteiger partial charge in [-0.2, -0.15) is 0 Å². The molecule has 1 aliphatic heterocycles. The van der Waals surface area contributed by atoms with E-state index in [2.05, 4.69) is 17.0 Å². The number of hydrogen-bond donors (Lipinski definition) is 0. The van der Waals surface area contributed by atoms with Crippen molar-refractivity contribution in [3.05, 3.63) is 48.4 Å². The Hall–Kier alpha value is -1.90. The van der Waals surface area contributed by atoms with E-state index in [9.17, 15) is 0 Å². The lowest BCUT2D eigenvalue weighted by Crippen LogP contribution is -2.40. The second-order valence-electron chi connectivity index (χ2n) is 4.21. The monoisotopic (exact) mass is 259 g/mol. The highest BCUT2D eigenvalue weighted by atomic mass is 16.5. The minimum Gasteiger partial charge on any atom is -0.497 e. The largest absolute Gasteiger partial charge is 0.497 e. The van der Waals surface area contributed by atoms with E-state index in [-0.39, 0.29) is 0 Å². The Morgan fingerprint density at radius 2 is 1.89 bits per heavy atom. The highest BCUT2D eigenvalue weighted by molar-refractivity contribution is 5.52. The normalized spacial score (nSPS) is 17.2. The number of ether oxygens (including phenoxy) is 1. The molecule has 0 N–H and O–H groups in total. The number of benzene rings is 1. The maximum atomic E-state index is 5.47. The van der Waals surface area contributed by atoms with Gasteiger partial charge in [0, 0.05) is 12.2 Å². The van der Waals surface area contributed by atoms with Crippen LogP contribution >= 0.6 is 0 Å². The van der Waals surface area contributed by atoms with Crippen LogP contribution in [0.25, 0.3) is 0 Å². The molecule has 0 unspecified atom stereocenters. The van der Waals surface area contributed by atoms with E-state index in [0.717, 1.165) is 24.5 Å². The van der Waals surface area contributed by atoms with Crippen molar-refractivity contribution in [1.82, 2.24) is 0 Å². The van der Waals surface area contributed by atoms with Crippen molar-refractivity contribution in [2.75, 3.05) is 18.6 Å². The molecule has 0 spiro atoms. The predicted octanol–water partition coefficient (Wildman–Crippen LogP) is 4.27. The van der Waals surface area contributed by atoms with Crippen molar-refractivity contribution >= 4 is 5.69 Å². The standard InChI is InChI=1S/C14H15NO2.C2H6/c1-16-12-6-4-11(5-7-12)15-9-8-13(15)14-3-2-10-17-14;1-2/h2-7,10,13H,8-9H2,1H3;1-2H3/t13-;/m1./s1. The summed E-state index contributed by atoms with van der Waals surface area (Å²) >= 11 is 0. The van der Waals surface area contributed by atoms with Crippen molar-refractivity contribution in [1.29, 1.82) is 0 Å². The minimum absolute atomic E-state index is 0.387. The average molecular weight is 259 g/mol. The van der Waals surface area contributed by atoms with Crippen molar-refractivity contribution < 1.29 is 9.15 Å².